The summed E-state index contributed by atoms with van der Waals surface area (Å²) in [6.07, 6.45) is 3.13. The summed E-state index contributed by atoms with van der Waals surface area (Å²) in [6, 6.07) is 2.49. The second-order valence-electron chi connectivity index (χ2n) is 4.81. The minimum atomic E-state index is 0.457. The van der Waals surface area contributed by atoms with E-state index in [2.05, 4.69) is 47.9 Å². The fourth-order valence-electron chi connectivity index (χ4n) is 1.97. The van der Waals surface area contributed by atoms with Gasteiger partial charge < -0.3 is 10.2 Å². The van der Waals surface area contributed by atoms with Crippen LogP contribution < -0.4 is 10.2 Å². The normalized spacial score (nSPS) is 10.8. The monoisotopic (exact) mass is 250 g/mol. The number of aromatic nitrogens is 2. The van der Waals surface area contributed by atoms with Gasteiger partial charge in [0, 0.05) is 32.1 Å². The van der Waals surface area contributed by atoms with E-state index in [1.54, 1.807) is 0 Å². The molecule has 0 aromatic carbocycles. The van der Waals surface area contributed by atoms with Crippen LogP contribution in [0.25, 0.3) is 0 Å². The lowest BCUT2D eigenvalue weighted by Crippen LogP contribution is -2.32. The molecular weight excluding hydrogens is 224 g/mol. The lowest BCUT2D eigenvalue weighted by Gasteiger charge is -2.28. The summed E-state index contributed by atoms with van der Waals surface area (Å²) < 4.78 is 0. The highest BCUT2D eigenvalue weighted by Crippen LogP contribution is 2.19. The highest BCUT2D eigenvalue weighted by Gasteiger charge is 2.13. The molecule has 0 radical (unpaired) electrons. The van der Waals surface area contributed by atoms with Crippen LogP contribution >= 0.6 is 0 Å². The van der Waals surface area contributed by atoms with E-state index < -0.39 is 0 Å². The van der Waals surface area contributed by atoms with Gasteiger partial charge in [0.1, 0.15) is 17.5 Å². The smallest absolute Gasteiger partial charge is 0.134 e. The van der Waals surface area contributed by atoms with Crippen LogP contribution in [0.3, 0.4) is 0 Å². The lowest BCUT2D eigenvalue weighted by atomic mass is 10.2. The summed E-state index contributed by atoms with van der Waals surface area (Å²) >= 11 is 0. The molecular formula is C14H26N4. The highest BCUT2D eigenvalue weighted by atomic mass is 15.2. The van der Waals surface area contributed by atoms with Crippen molar-refractivity contribution in [3.05, 3.63) is 11.9 Å². The van der Waals surface area contributed by atoms with E-state index in [4.69, 9.17) is 0 Å². The minimum Gasteiger partial charge on any atom is -0.373 e. The van der Waals surface area contributed by atoms with Gasteiger partial charge in [0.2, 0.25) is 0 Å². The Morgan fingerprint density at radius 2 is 1.94 bits per heavy atom. The van der Waals surface area contributed by atoms with Gasteiger partial charge in [0.05, 0.1) is 0 Å². The van der Waals surface area contributed by atoms with Crippen molar-refractivity contribution < 1.29 is 0 Å². The molecule has 4 heteroatoms. The maximum atomic E-state index is 4.69. The topological polar surface area (TPSA) is 41.1 Å². The zero-order valence-electron chi connectivity index (χ0n) is 12.3. The summed E-state index contributed by atoms with van der Waals surface area (Å²) in [5.74, 6) is 2.88. The van der Waals surface area contributed by atoms with E-state index in [0.717, 1.165) is 43.3 Å². The SMILES string of the molecule is CCCc1nc(NC)cc(N(CCC)C(C)C)n1. The van der Waals surface area contributed by atoms with Crippen molar-refractivity contribution in [3.63, 3.8) is 0 Å². The van der Waals surface area contributed by atoms with Gasteiger partial charge in [-0.3, -0.25) is 0 Å². The zero-order valence-corrected chi connectivity index (χ0v) is 12.3. The number of nitrogens with one attached hydrogen (secondary N) is 1. The third kappa shape index (κ3) is 3.86. The molecule has 0 atom stereocenters. The molecule has 1 rings (SSSR count). The van der Waals surface area contributed by atoms with Crippen LogP contribution in [0.15, 0.2) is 6.07 Å². The number of hydrogen-bond acceptors (Lipinski definition) is 4. The van der Waals surface area contributed by atoms with E-state index >= 15 is 0 Å². The first kappa shape index (κ1) is 14.7. The van der Waals surface area contributed by atoms with Gasteiger partial charge in [-0.2, -0.15) is 0 Å². The number of anilines is 2. The quantitative estimate of drug-likeness (QED) is 0.807. The Labute approximate surface area is 111 Å². The summed E-state index contributed by atoms with van der Waals surface area (Å²) in [5.41, 5.74) is 0. The van der Waals surface area contributed by atoms with Crippen LogP contribution in [0.1, 0.15) is 46.4 Å². The maximum Gasteiger partial charge on any atom is 0.134 e. The first-order chi connectivity index (χ1) is 8.62. The Balaban J connectivity index is 3.07. The molecule has 0 aliphatic carbocycles. The molecule has 102 valence electrons. The van der Waals surface area contributed by atoms with E-state index in [-0.39, 0.29) is 0 Å². The van der Waals surface area contributed by atoms with Crippen molar-refractivity contribution in [2.75, 3.05) is 23.8 Å². The predicted octanol–water partition coefficient (Wildman–Crippen LogP) is 3.10. The summed E-state index contributed by atoms with van der Waals surface area (Å²) in [7, 11) is 1.90. The Morgan fingerprint density at radius 1 is 1.22 bits per heavy atom. The fraction of sp³-hybridized carbons (Fsp3) is 0.714. The second-order valence-corrected chi connectivity index (χ2v) is 4.81. The third-order valence-corrected chi connectivity index (χ3v) is 2.87. The van der Waals surface area contributed by atoms with E-state index in [1.807, 2.05) is 13.1 Å². The molecule has 18 heavy (non-hydrogen) atoms. The van der Waals surface area contributed by atoms with Gasteiger partial charge >= 0.3 is 0 Å². The first-order valence-electron chi connectivity index (χ1n) is 6.94. The third-order valence-electron chi connectivity index (χ3n) is 2.87. The molecule has 0 unspecified atom stereocenters. The van der Waals surface area contributed by atoms with Gasteiger partial charge in [-0.15, -0.1) is 0 Å². The van der Waals surface area contributed by atoms with Gasteiger partial charge in [0.25, 0.3) is 0 Å². The molecule has 1 aromatic heterocycles. The number of nitrogens with zero attached hydrogens (tertiary/aromatic N) is 3. The molecule has 0 saturated carbocycles. The summed E-state index contributed by atoms with van der Waals surface area (Å²) in [6.45, 7) is 9.79. The highest BCUT2D eigenvalue weighted by molar-refractivity contribution is 5.49. The number of rotatable bonds is 7. The van der Waals surface area contributed by atoms with Crippen molar-refractivity contribution in [1.82, 2.24) is 9.97 Å². The number of aryl methyl sites for hydroxylation is 1. The predicted molar refractivity (Wildman–Crippen MR) is 78.3 cm³/mol. The summed E-state index contributed by atoms with van der Waals surface area (Å²) in [5, 5.41) is 3.12. The Bertz CT molecular complexity index is 363. The molecule has 0 fully saturated rings. The molecule has 0 saturated heterocycles. The van der Waals surface area contributed by atoms with Crippen molar-refractivity contribution in [1.29, 1.82) is 0 Å². The average Bonchev–Trinajstić information content (AvgIpc) is 2.35. The van der Waals surface area contributed by atoms with Gasteiger partial charge in [-0.25, -0.2) is 9.97 Å². The van der Waals surface area contributed by atoms with E-state index in [0.29, 0.717) is 6.04 Å². The molecule has 1 heterocycles. The van der Waals surface area contributed by atoms with Crippen LogP contribution in [-0.4, -0.2) is 29.6 Å². The van der Waals surface area contributed by atoms with E-state index in [9.17, 15) is 0 Å². The molecule has 4 nitrogen and oxygen atoms in total. The fourth-order valence-corrected chi connectivity index (χ4v) is 1.97. The second kappa shape index (κ2) is 7.19. The van der Waals surface area contributed by atoms with Crippen LogP contribution in [0, 0.1) is 0 Å². The lowest BCUT2D eigenvalue weighted by molar-refractivity contribution is 0.657. The standard InChI is InChI=1S/C14H26N4/c1-6-8-12-16-13(15-5)10-14(17-12)18(9-7-2)11(3)4/h10-11H,6-9H2,1-5H3,(H,15,16,17). The number of hydrogen-bond donors (Lipinski definition) is 1. The van der Waals surface area contributed by atoms with Crippen LogP contribution in [0.5, 0.6) is 0 Å². The van der Waals surface area contributed by atoms with Crippen molar-refractivity contribution in [2.24, 2.45) is 0 Å². The molecule has 0 bridgehead atoms. The summed E-state index contributed by atoms with van der Waals surface area (Å²) in [4.78, 5) is 11.5. The Hall–Kier alpha value is -1.32. The van der Waals surface area contributed by atoms with E-state index in [1.165, 1.54) is 0 Å². The Kier molecular flexibility index (Phi) is 5.89. The molecule has 1 N–H and O–H groups in total. The molecule has 1 aromatic rings. The van der Waals surface area contributed by atoms with Gasteiger partial charge in [-0.1, -0.05) is 13.8 Å². The molecule has 0 aliphatic rings. The van der Waals surface area contributed by atoms with Gasteiger partial charge in [-0.05, 0) is 26.7 Å². The van der Waals surface area contributed by atoms with Crippen molar-refractivity contribution in [2.45, 2.75) is 53.0 Å². The van der Waals surface area contributed by atoms with Crippen LogP contribution in [0.2, 0.25) is 0 Å². The zero-order chi connectivity index (χ0) is 13.5. The van der Waals surface area contributed by atoms with Crippen LogP contribution in [-0.2, 0) is 6.42 Å². The minimum absolute atomic E-state index is 0.457. The molecule has 0 spiro atoms. The van der Waals surface area contributed by atoms with Gasteiger partial charge in [0.15, 0.2) is 0 Å². The largest absolute Gasteiger partial charge is 0.373 e. The maximum absolute atomic E-state index is 4.69. The van der Waals surface area contributed by atoms with Crippen LogP contribution in [0.4, 0.5) is 11.6 Å². The first-order valence-corrected chi connectivity index (χ1v) is 6.94. The Morgan fingerprint density at radius 3 is 2.44 bits per heavy atom. The average molecular weight is 250 g/mol. The van der Waals surface area contributed by atoms with Crippen molar-refractivity contribution >= 4 is 11.6 Å². The van der Waals surface area contributed by atoms with Crippen molar-refractivity contribution in [3.8, 4) is 0 Å². The molecule has 0 amide bonds. The molecule has 0 aliphatic heterocycles.